The first kappa shape index (κ1) is 12.5. The third-order valence-corrected chi connectivity index (χ3v) is 3.48. The van der Waals surface area contributed by atoms with Crippen LogP contribution in [-0.4, -0.2) is 41.6 Å². The van der Waals surface area contributed by atoms with Gasteiger partial charge in [-0.1, -0.05) is 11.6 Å². The molecule has 2 rings (SSSR count). The van der Waals surface area contributed by atoms with Gasteiger partial charge in [0.2, 0.25) is 0 Å². The fourth-order valence-electron chi connectivity index (χ4n) is 2.43. The molecule has 1 aliphatic heterocycles. The first-order valence-electron chi connectivity index (χ1n) is 5.91. The molecule has 1 fully saturated rings. The van der Waals surface area contributed by atoms with E-state index in [0.29, 0.717) is 16.8 Å². The Labute approximate surface area is 107 Å². The van der Waals surface area contributed by atoms with Crippen molar-refractivity contribution < 1.29 is 4.79 Å². The molecule has 0 aromatic carbocycles. The van der Waals surface area contributed by atoms with Gasteiger partial charge in [-0.3, -0.25) is 4.79 Å². The normalized spacial score (nSPS) is 19.9. The molecule has 17 heavy (non-hydrogen) atoms. The number of likely N-dealkylation sites (N-methyl/N-ethyl adjacent to an activating group) is 1. The molecule has 0 saturated carbocycles. The maximum absolute atomic E-state index is 12.4. The number of aromatic nitrogens is 1. The van der Waals surface area contributed by atoms with Crippen molar-refractivity contribution in [1.29, 1.82) is 0 Å². The van der Waals surface area contributed by atoms with E-state index >= 15 is 0 Å². The van der Waals surface area contributed by atoms with E-state index in [1.54, 1.807) is 16.8 Å². The van der Waals surface area contributed by atoms with Crippen LogP contribution < -0.4 is 5.32 Å². The van der Waals surface area contributed by atoms with Crippen LogP contribution >= 0.6 is 11.6 Å². The van der Waals surface area contributed by atoms with E-state index in [-0.39, 0.29) is 5.91 Å². The Bertz CT molecular complexity index is 416. The zero-order valence-corrected chi connectivity index (χ0v) is 11.0. The van der Waals surface area contributed by atoms with Gasteiger partial charge in [-0.05, 0) is 26.0 Å². The predicted molar refractivity (Wildman–Crippen MR) is 68.4 cm³/mol. The summed E-state index contributed by atoms with van der Waals surface area (Å²) in [6.07, 6.45) is 3.92. The molecule has 1 aromatic heterocycles. The Kier molecular flexibility index (Phi) is 3.74. The van der Waals surface area contributed by atoms with Crippen LogP contribution in [0.3, 0.4) is 0 Å². The highest BCUT2D eigenvalue weighted by Crippen LogP contribution is 2.21. The van der Waals surface area contributed by atoms with Crippen LogP contribution in [0, 0.1) is 0 Å². The smallest absolute Gasteiger partial charge is 0.270 e. The Morgan fingerprint density at radius 3 is 3.00 bits per heavy atom. The number of nitrogens with one attached hydrogen (secondary N) is 1. The SMILES string of the molecule is CNCC1CCCN1C(=O)c1cc(Cl)cn1C. The van der Waals surface area contributed by atoms with Gasteiger partial charge in [-0.2, -0.15) is 0 Å². The first-order chi connectivity index (χ1) is 8.13. The fourth-order valence-corrected chi connectivity index (χ4v) is 2.68. The minimum Gasteiger partial charge on any atom is -0.345 e. The van der Waals surface area contributed by atoms with Gasteiger partial charge in [-0.15, -0.1) is 0 Å². The highest BCUT2D eigenvalue weighted by Gasteiger charge is 2.30. The van der Waals surface area contributed by atoms with Crippen molar-refractivity contribution in [1.82, 2.24) is 14.8 Å². The van der Waals surface area contributed by atoms with Crippen LogP contribution in [-0.2, 0) is 7.05 Å². The maximum atomic E-state index is 12.4. The van der Waals surface area contributed by atoms with Gasteiger partial charge in [0, 0.05) is 32.4 Å². The number of hydrogen-bond donors (Lipinski definition) is 1. The number of hydrogen-bond acceptors (Lipinski definition) is 2. The number of amides is 1. The molecule has 0 bridgehead atoms. The number of rotatable bonds is 3. The highest BCUT2D eigenvalue weighted by atomic mass is 35.5. The molecule has 0 aliphatic carbocycles. The fraction of sp³-hybridized carbons (Fsp3) is 0.583. The second-order valence-electron chi connectivity index (χ2n) is 4.51. The third kappa shape index (κ3) is 2.48. The van der Waals surface area contributed by atoms with Gasteiger partial charge < -0.3 is 14.8 Å². The van der Waals surface area contributed by atoms with Crippen molar-refractivity contribution in [3.05, 3.63) is 23.0 Å². The van der Waals surface area contributed by atoms with Crippen LogP contribution in [0.1, 0.15) is 23.3 Å². The van der Waals surface area contributed by atoms with E-state index in [1.165, 1.54) is 0 Å². The molecular weight excluding hydrogens is 238 g/mol. The van der Waals surface area contributed by atoms with E-state index in [4.69, 9.17) is 11.6 Å². The Morgan fingerprint density at radius 1 is 1.65 bits per heavy atom. The zero-order valence-electron chi connectivity index (χ0n) is 10.2. The minimum absolute atomic E-state index is 0.0807. The molecule has 1 amide bonds. The van der Waals surface area contributed by atoms with Crippen LogP contribution in [0.5, 0.6) is 0 Å². The number of carbonyl (C=O) groups excluding carboxylic acids is 1. The molecule has 1 atom stereocenters. The molecule has 2 heterocycles. The number of nitrogens with zero attached hydrogens (tertiary/aromatic N) is 2. The van der Waals surface area contributed by atoms with Crippen molar-refractivity contribution in [2.45, 2.75) is 18.9 Å². The first-order valence-corrected chi connectivity index (χ1v) is 6.28. The van der Waals surface area contributed by atoms with Crippen molar-refractivity contribution in [3.63, 3.8) is 0 Å². The molecule has 1 unspecified atom stereocenters. The van der Waals surface area contributed by atoms with Crippen molar-refractivity contribution in [2.75, 3.05) is 20.1 Å². The summed E-state index contributed by atoms with van der Waals surface area (Å²) in [4.78, 5) is 14.3. The molecule has 94 valence electrons. The lowest BCUT2D eigenvalue weighted by molar-refractivity contribution is 0.0727. The summed E-state index contributed by atoms with van der Waals surface area (Å²) in [5.74, 6) is 0.0807. The molecule has 1 aliphatic rings. The molecule has 5 heteroatoms. The van der Waals surface area contributed by atoms with Gasteiger partial charge in [0.05, 0.1) is 5.02 Å². The average Bonchev–Trinajstić information content (AvgIpc) is 2.85. The van der Waals surface area contributed by atoms with Crippen molar-refractivity contribution in [2.24, 2.45) is 7.05 Å². The lowest BCUT2D eigenvalue weighted by Gasteiger charge is -2.24. The standard InChI is InChI=1S/C12H18ClN3O/c1-14-7-10-4-3-5-16(10)12(17)11-6-9(13)8-15(11)2/h6,8,10,14H,3-5,7H2,1-2H3. The lowest BCUT2D eigenvalue weighted by atomic mass is 10.2. The highest BCUT2D eigenvalue weighted by molar-refractivity contribution is 6.31. The summed E-state index contributed by atoms with van der Waals surface area (Å²) < 4.78 is 1.79. The van der Waals surface area contributed by atoms with Crippen LogP contribution in [0.25, 0.3) is 0 Å². The second-order valence-corrected chi connectivity index (χ2v) is 4.94. The Balaban J connectivity index is 2.16. The molecule has 1 N–H and O–H groups in total. The van der Waals surface area contributed by atoms with Crippen LogP contribution in [0.4, 0.5) is 0 Å². The largest absolute Gasteiger partial charge is 0.345 e. The Hall–Kier alpha value is -1.00. The topological polar surface area (TPSA) is 37.3 Å². The van der Waals surface area contributed by atoms with E-state index < -0.39 is 0 Å². The summed E-state index contributed by atoms with van der Waals surface area (Å²) in [7, 11) is 3.77. The number of likely N-dealkylation sites (tertiary alicyclic amines) is 1. The van der Waals surface area contributed by atoms with Gasteiger partial charge >= 0.3 is 0 Å². The summed E-state index contributed by atoms with van der Waals surface area (Å²) in [5, 5.41) is 3.75. The number of aryl methyl sites for hydroxylation is 1. The summed E-state index contributed by atoms with van der Waals surface area (Å²) in [6.45, 7) is 1.69. The number of halogens is 1. The zero-order chi connectivity index (χ0) is 12.4. The van der Waals surface area contributed by atoms with E-state index in [9.17, 15) is 4.79 Å². The van der Waals surface area contributed by atoms with E-state index in [0.717, 1.165) is 25.9 Å². The third-order valence-electron chi connectivity index (χ3n) is 3.27. The molecule has 1 saturated heterocycles. The average molecular weight is 256 g/mol. The van der Waals surface area contributed by atoms with Crippen molar-refractivity contribution in [3.8, 4) is 0 Å². The summed E-state index contributed by atoms with van der Waals surface area (Å²) in [6, 6.07) is 2.04. The monoisotopic (exact) mass is 255 g/mol. The van der Waals surface area contributed by atoms with E-state index in [1.807, 2.05) is 19.0 Å². The summed E-state index contributed by atoms with van der Waals surface area (Å²) >= 11 is 5.91. The van der Waals surface area contributed by atoms with Gasteiger partial charge in [-0.25, -0.2) is 0 Å². The van der Waals surface area contributed by atoms with Gasteiger partial charge in [0.1, 0.15) is 5.69 Å². The quantitative estimate of drug-likeness (QED) is 0.889. The summed E-state index contributed by atoms with van der Waals surface area (Å²) in [5.41, 5.74) is 0.665. The van der Waals surface area contributed by atoms with Crippen LogP contribution in [0.15, 0.2) is 12.3 Å². The molecule has 4 nitrogen and oxygen atoms in total. The van der Waals surface area contributed by atoms with Crippen LogP contribution in [0.2, 0.25) is 5.02 Å². The predicted octanol–water partition coefficient (Wildman–Crippen LogP) is 1.50. The Morgan fingerprint density at radius 2 is 2.41 bits per heavy atom. The van der Waals surface area contributed by atoms with Crippen molar-refractivity contribution >= 4 is 17.5 Å². The minimum atomic E-state index is 0.0807. The molecule has 0 spiro atoms. The van der Waals surface area contributed by atoms with Gasteiger partial charge in [0.15, 0.2) is 0 Å². The lowest BCUT2D eigenvalue weighted by Crippen LogP contribution is -2.41. The van der Waals surface area contributed by atoms with E-state index in [2.05, 4.69) is 5.32 Å². The molecule has 0 radical (unpaired) electrons. The molecular formula is C12H18ClN3O. The number of carbonyl (C=O) groups is 1. The maximum Gasteiger partial charge on any atom is 0.270 e. The molecule has 1 aromatic rings. The second kappa shape index (κ2) is 5.10. The van der Waals surface area contributed by atoms with Gasteiger partial charge in [0.25, 0.3) is 5.91 Å².